The Bertz CT molecular complexity index is 2070. The molecule has 1 aliphatic rings. The first-order valence-electron chi connectivity index (χ1n) is 23.0. The molecule has 1 aromatic rings. The molecule has 1 aliphatic heterocycles. The van der Waals surface area contributed by atoms with Crippen LogP contribution >= 0.6 is 0 Å². The number of nitrogens with zero attached hydrogens (tertiary/aromatic N) is 1. The van der Waals surface area contributed by atoms with Crippen LogP contribution in [0, 0.1) is 11.8 Å². The first kappa shape index (κ1) is 59.9. The van der Waals surface area contributed by atoms with Gasteiger partial charge in [0.1, 0.15) is 42.3 Å². The van der Waals surface area contributed by atoms with E-state index in [0.29, 0.717) is 0 Å². The minimum absolute atomic E-state index is 0.0335. The van der Waals surface area contributed by atoms with Crippen molar-refractivity contribution in [1.82, 2.24) is 42.1 Å². The lowest BCUT2D eigenvalue weighted by atomic mass is 10.00. The summed E-state index contributed by atoms with van der Waals surface area (Å²) in [6, 6.07) is -2.79. The highest BCUT2D eigenvalue weighted by molar-refractivity contribution is 5.98. The van der Waals surface area contributed by atoms with E-state index in [-0.39, 0.29) is 38.1 Å². The molecule has 8 amide bonds. The van der Waals surface area contributed by atoms with Crippen molar-refractivity contribution in [3.63, 3.8) is 0 Å². The number of carboxylic acids is 4. The van der Waals surface area contributed by atoms with Crippen molar-refractivity contribution < 1.29 is 83.1 Å². The lowest BCUT2D eigenvalue weighted by Crippen LogP contribution is -2.60. The summed E-state index contributed by atoms with van der Waals surface area (Å²) in [6.07, 6.45) is -2.83. The van der Waals surface area contributed by atoms with E-state index >= 15 is 0 Å². The SMILES string of the molecule is CC(C)C[C@H](NC(=O)[C@@H]1CCCN1C(=O)[C@H](CCC(=O)O)NC(=O)[C@H](CO)NC(=O)[C@@H](N)Cc1ccccc1)C(=O)N[C@@H](CCC(=O)O)C(=O)N[C@H](C(=O)NCC(=O)N[C@@H](CCC(=O)O)C(=O)O)C(C)C. The third kappa shape index (κ3) is 21.1. The second kappa shape index (κ2) is 29.7. The summed E-state index contributed by atoms with van der Waals surface area (Å²) in [5, 5.41) is 63.7. The smallest absolute Gasteiger partial charge is 0.326 e. The number of likely N-dealkylation sites (tertiary alicyclic amines) is 1. The van der Waals surface area contributed by atoms with E-state index in [9.17, 15) is 78.0 Å². The Morgan fingerprint density at radius 1 is 0.634 bits per heavy atom. The monoisotopic (exact) mass is 1010 g/mol. The maximum Gasteiger partial charge on any atom is 0.326 e. The fourth-order valence-corrected chi connectivity index (χ4v) is 7.35. The number of aliphatic hydroxyl groups is 1. The summed E-state index contributed by atoms with van der Waals surface area (Å²) < 4.78 is 0. The van der Waals surface area contributed by atoms with Gasteiger partial charge in [-0.15, -0.1) is 0 Å². The Kier molecular flexibility index (Phi) is 25.1. The third-order valence-corrected chi connectivity index (χ3v) is 11.1. The maximum atomic E-state index is 14.1. The van der Waals surface area contributed by atoms with Crippen molar-refractivity contribution in [3.05, 3.63) is 35.9 Å². The normalized spacial score (nSPS) is 16.2. The predicted octanol–water partition coefficient (Wildman–Crippen LogP) is -3.05. The number of hydrogen-bond donors (Lipinski definition) is 13. The van der Waals surface area contributed by atoms with Gasteiger partial charge in [-0.25, -0.2) is 4.79 Å². The van der Waals surface area contributed by atoms with Crippen LogP contribution in [0.2, 0.25) is 0 Å². The quantitative estimate of drug-likeness (QED) is 0.0351. The van der Waals surface area contributed by atoms with Gasteiger partial charge in [0.15, 0.2) is 0 Å². The van der Waals surface area contributed by atoms with Crippen LogP contribution in [0.5, 0.6) is 0 Å². The van der Waals surface area contributed by atoms with Crippen LogP contribution in [0.15, 0.2) is 30.3 Å². The van der Waals surface area contributed by atoms with Gasteiger partial charge in [-0.3, -0.25) is 52.7 Å². The van der Waals surface area contributed by atoms with E-state index in [1.165, 1.54) is 13.8 Å². The maximum absolute atomic E-state index is 14.1. The largest absolute Gasteiger partial charge is 0.481 e. The van der Waals surface area contributed by atoms with Crippen molar-refractivity contribution in [2.24, 2.45) is 17.6 Å². The zero-order valence-corrected chi connectivity index (χ0v) is 40.0. The molecule has 0 bridgehead atoms. The molecular formula is C45H67N9O17. The Labute approximate surface area is 409 Å². The molecule has 1 aromatic carbocycles. The molecular weight excluding hydrogens is 939 g/mol. The molecule has 0 aliphatic carbocycles. The summed E-state index contributed by atoms with van der Waals surface area (Å²) >= 11 is 0. The number of benzene rings is 1. The molecule has 0 radical (unpaired) electrons. The second-order valence-corrected chi connectivity index (χ2v) is 17.7. The number of carboxylic acid groups (broad SMARTS) is 4. The first-order chi connectivity index (χ1) is 33.3. The van der Waals surface area contributed by atoms with Crippen molar-refractivity contribution in [2.75, 3.05) is 19.7 Å². The number of carbonyl (C=O) groups excluding carboxylic acids is 8. The predicted molar refractivity (Wildman–Crippen MR) is 247 cm³/mol. The average molecular weight is 1010 g/mol. The molecule has 26 nitrogen and oxygen atoms in total. The molecule has 0 saturated carbocycles. The first-order valence-corrected chi connectivity index (χ1v) is 23.0. The highest BCUT2D eigenvalue weighted by Crippen LogP contribution is 2.21. The summed E-state index contributed by atoms with van der Waals surface area (Å²) in [5.74, 6) is -13.9. The molecule has 0 aromatic heterocycles. The lowest BCUT2D eigenvalue weighted by Gasteiger charge is -2.31. The molecule has 1 saturated heterocycles. The molecule has 0 unspecified atom stereocenters. The fourth-order valence-electron chi connectivity index (χ4n) is 7.35. The van der Waals surface area contributed by atoms with Gasteiger partial charge < -0.3 is 73.4 Å². The zero-order valence-electron chi connectivity index (χ0n) is 40.0. The third-order valence-electron chi connectivity index (χ3n) is 11.1. The van der Waals surface area contributed by atoms with Crippen LogP contribution in [0.1, 0.15) is 91.0 Å². The minimum atomic E-state index is -1.61. The van der Waals surface area contributed by atoms with Crippen molar-refractivity contribution in [3.8, 4) is 0 Å². The van der Waals surface area contributed by atoms with Gasteiger partial charge in [0.2, 0.25) is 47.3 Å². The van der Waals surface area contributed by atoms with Crippen LogP contribution in [0.4, 0.5) is 0 Å². The summed E-state index contributed by atoms with van der Waals surface area (Å²) in [6.45, 7) is 4.73. The molecule has 1 fully saturated rings. The number of nitrogens with two attached hydrogens (primary N) is 1. The van der Waals surface area contributed by atoms with Gasteiger partial charge in [-0.2, -0.15) is 0 Å². The summed E-state index contributed by atoms with van der Waals surface area (Å²) in [4.78, 5) is 154. The Morgan fingerprint density at radius 2 is 1.15 bits per heavy atom. The summed E-state index contributed by atoms with van der Waals surface area (Å²) in [7, 11) is 0. The molecule has 26 heteroatoms. The highest BCUT2D eigenvalue weighted by atomic mass is 16.4. The summed E-state index contributed by atoms with van der Waals surface area (Å²) in [5.41, 5.74) is 6.75. The lowest BCUT2D eigenvalue weighted by molar-refractivity contribution is -0.144. The standard InChI is InChI=1S/C45H67N9O17/c1-23(2)19-30(40(65)49-27(12-15-34(57)58)39(64)53-37(24(3)4)43(68)47-21-33(56)48-29(45(70)71)14-17-36(61)62)51-42(67)32-11-8-18-54(32)44(69)28(13-16-35(59)60)50-41(66)31(22-55)52-38(63)26(46)20-25-9-6-5-7-10-25/h5-7,9-10,23-24,26-32,37,55H,8,11-22,46H2,1-4H3,(H,47,68)(H,48,56)(H,49,65)(H,50,66)(H,51,67)(H,52,63)(H,53,64)(H,57,58)(H,59,60)(H,61,62)(H,70,71)/t26-,27-,28-,29-,30-,31-,32-,37-/m0/s1. The number of carbonyl (C=O) groups is 12. The van der Waals surface area contributed by atoms with E-state index in [4.69, 9.17) is 10.8 Å². The number of aliphatic hydroxyl groups excluding tert-OH is 1. The van der Waals surface area contributed by atoms with E-state index in [0.717, 1.165) is 10.5 Å². The second-order valence-electron chi connectivity index (χ2n) is 17.7. The van der Waals surface area contributed by atoms with Crippen molar-refractivity contribution in [2.45, 2.75) is 140 Å². The van der Waals surface area contributed by atoms with Gasteiger partial charge in [-0.1, -0.05) is 58.0 Å². The zero-order chi connectivity index (χ0) is 53.5. The molecule has 8 atom stereocenters. The number of aliphatic carboxylic acids is 4. The Hall–Kier alpha value is -7.22. The minimum Gasteiger partial charge on any atom is -0.481 e. The molecule has 71 heavy (non-hydrogen) atoms. The number of amides is 8. The Morgan fingerprint density at radius 3 is 1.69 bits per heavy atom. The van der Waals surface area contributed by atoms with Crippen LogP contribution < -0.4 is 43.0 Å². The highest BCUT2D eigenvalue weighted by Gasteiger charge is 2.40. The van der Waals surface area contributed by atoms with E-state index in [1.54, 1.807) is 44.2 Å². The van der Waals surface area contributed by atoms with Crippen molar-refractivity contribution >= 4 is 71.1 Å². The van der Waals surface area contributed by atoms with Crippen LogP contribution in [0.25, 0.3) is 0 Å². The van der Waals surface area contributed by atoms with Gasteiger partial charge in [0, 0.05) is 25.8 Å². The molecule has 0 spiro atoms. The Balaban J connectivity index is 2.25. The molecule has 1 heterocycles. The van der Waals surface area contributed by atoms with Crippen LogP contribution in [-0.2, 0) is 64.0 Å². The number of nitrogens with one attached hydrogen (secondary N) is 7. The number of rotatable bonds is 31. The number of hydrogen-bond acceptors (Lipinski definition) is 14. The van der Waals surface area contributed by atoms with Crippen molar-refractivity contribution in [1.29, 1.82) is 0 Å². The van der Waals surface area contributed by atoms with E-state index < -0.39 is 177 Å². The van der Waals surface area contributed by atoms with E-state index in [2.05, 4.69) is 37.2 Å². The molecule has 394 valence electrons. The molecule has 14 N–H and O–H groups in total. The average Bonchev–Trinajstić information content (AvgIpc) is 3.80. The van der Waals surface area contributed by atoms with Gasteiger partial charge >= 0.3 is 23.9 Å². The van der Waals surface area contributed by atoms with Gasteiger partial charge in [-0.05, 0) is 62.3 Å². The fraction of sp³-hybridized carbons (Fsp3) is 0.600. The van der Waals surface area contributed by atoms with E-state index in [1.807, 2.05) is 0 Å². The van der Waals surface area contributed by atoms with Crippen LogP contribution in [0.3, 0.4) is 0 Å². The van der Waals surface area contributed by atoms with Crippen LogP contribution in [-0.4, -0.2) is 170 Å². The van der Waals surface area contributed by atoms with Gasteiger partial charge in [0.05, 0.1) is 19.2 Å². The molecule has 2 rings (SSSR count). The topological polar surface area (TPSA) is 419 Å². The van der Waals surface area contributed by atoms with Gasteiger partial charge in [0.25, 0.3) is 0 Å².